The summed E-state index contributed by atoms with van der Waals surface area (Å²) < 4.78 is 35.7. The van der Waals surface area contributed by atoms with Crippen LogP contribution < -0.4 is 0 Å². The van der Waals surface area contributed by atoms with E-state index in [4.69, 9.17) is 4.74 Å². The second-order valence-electron chi connectivity index (χ2n) is 6.25. The lowest BCUT2D eigenvalue weighted by molar-refractivity contribution is 0.0727. The summed E-state index contributed by atoms with van der Waals surface area (Å²) in [5, 5.41) is 0. The van der Waals surface area contributed by atoms with Gasteiger partial charge in [-0.1, -0.05) is 37.8 Å². The normalized spacial score (nSPS) is 16.3. The second kappa shape index (κ2) is 10.2. The first kappa shape index (κ1) is 21.1. The molecule has 0 aromatic heterocycles. The summed E-state index contributed by atoms with van der Waals surface area (Å²) >= 11 is 0.890. The maximum Gasteiger partial charge on any atom is 0.509 e. The Morgan fingerprint density at radius 2 is 1.73 bits per heavy atom. The minimum Gasteiger partial charge on any atom is -0.435 e. The summed E-state index contributed by atoms with van der Waals surface area (Å²) in [6.07, 6.45) is 6.60. The molecule has 1 aliphatic rings. The highest BCUT2D eigenvalue weighted by Crippen LogP contribution is 2.32. The largest absolute Gasteiger partial charge is 0.509 e. The Hall–Kier alpha value is -1.25. The van der Waals surface area contributed by atoms with Crippen molar-refractivity contribution in [2.24, 2.45) is 0 Å². The monoisotopic (exact) mass is 401 g/mol. The fourth-order valence-electron chi connectivity index (χ4n) is 3.05. The molecule has 0 aliphatic heterocycles. The lowest BCUT2D eigenvalue weighted by atomic mass is 9.92. The first-order valence-electron chi connectivity index (χ1n) is 8.96. The predicted octanol–water partition coefficient (Wildman–Crippen LogP) is 4.52. The highest BCUT2D eigenvalue weighted by atomic mass is 32.3. The van der Waals surface area contributed by atoms with E-state index in [1.54, 1.807) is 19.1 Å². The van der Waals surface area contributed by atoms with Gasteiger partial charge in [0.05, 0.1) is 11.5 Å². The van der Waals surface area contributed by atoms with E-state index in [0.717, 1.165) is 15.7 Å². The number of carbonyl (C=O) groups excluding carboxylic acids is 1. The van der Waals surface area contributed by atoms with E-state index in [1.165, 1.54) is 51.1 Å². The average Bonchev–Trinajstić information content (AvgIpc) is 2.91. The van der Waals surface area contributed by atoms with Crippen molar-refractivity contribution in [3.05, 3.63) is 29.8 Å². The van der Waals surface area contributed by atoms with Crippen LogP contribution in [0.3, 0.4) is 0 Å². The molecule has 6 nitrogen and oxygen atoms in total. The molecule has 0 spiro atoms. The molecule has 0 amide bonds. The van der Waals surface area contributed by atoms with Crippen molar-refractivity contribution in [2.75, 3.05) is 19.6 Å². The van der Waals surface area contributed by atoms with Crippen molar-refractivity contribution in [3.63, 3.8) is 0 Å². The molecule has 26 heavy (non-hydrogen) atoms. The van der Waals surface area contributed by atoms with Gasteiger partial charge in [0, 0.05) is 7.05 Å². The molecular weight excluding hydrogens is 374 g/mol. The SMILES string of the molecule is CCOC(=O)OCSN(C)S(=O)(=O)c1ccc(C2CCCCCC2)cc1. The molecule has 1 fully saturated rings. The van der Waals surface area contributed by atoms with Crippen LogP contribution in [0.2, 0.25) is 0 Å². The molecule has 0 bridgehead atoms. The quantitative estimate of drug-likeness (QED) is 0.289. The van der Waals surface area contributed by atoms with Gasteiger partial charge in [-0.25, -0.2) is 13.2 Å². The first-order valence-corrected chi connectivity index (χ1v) is 11.3. The summed E-state index contributed by atoms with van der Waals surface area (Å²) in [6, 6.07) is 7.19. The van der Waals surface area contributed by atoms with Gasteiger partial charge in [0.25, 0.3) is 10.0 Å². The third kappa shape index (κ3) is 5.89. The molecule has 146 valence electrons. The zero-order valence-electron chi connectivity index (χ0n) is 15.3. The maximum atomic E-state index is 12.6. The Morgan fingerprint density at radius 1 is 1.12 bits per heavy atom. The Morgan fingerprint density at radius 3 is 2.31 bits per heavy atom. The molecular formula is C18H27NO5S2. The van der Waals surface area contributed by atoms with E-state index in [-0.39, 0.29) is 17.4 Å². The lowest BCUT2D eigenvalue weighted by Crippen LogP contribution is -2.22. The molecule has 1 aliphatic carbocycles. The van der Waals surface area contributed by atoms with Gasteiger partial charge in [-0.05, 0) is 55.3 Å². The van der Waals surface area contributed by atoms with Gasteiger partial charge in [-0.2, -0.15) is 0 Å². The first-order chi connectivity index (χ1) is 12.4. The molecule has 8 heteroatoms. The van der Waals surface area contributed by atoms with Crippen molar-refractivity contribution in [1.82, 2.24) is 3.71 Å². The van der Waals surface area contributed by atoms with E-state index in [0.29, 0.717) is 5.92 Å². The molecule has 2 rings (SSSR count). The molecule has 1 aromatic rings. The van der Waals surface area contributed by atoms with Crippen molar-refractivity contribution in [2.45, 2.75) is 56.3 Å². The zero-order valence-corrected chi connectivity index (χ0v) is 17.0. The molecule has 1 aromatic carbocycles. The Labute approximate surface area is 160 Å². The van der Waals surface area contributed by atoms with Gasteiger partial charge >= 0.3 is 6.16 Å². The number of hydrogen-bond donors (Lipinski definition) is 0. The zero-order chi connectivity index (χ0) is 19.0. The smallest absolute Gasteiger partial charge is 0.435 e. The second-order valence-corrected chi connectivity index (χ2v) is 9.49. The lowest BCUT2D eigenvalue weighted by Gasteiger charge is -2.18. The Bertz CT molecular complexity index is 667. The fourth-order valence-corrected chi connectivity index (χ4v) is 5.07. The van der Waals surface area contributed by atoms with Crippen molar-refractivity contribution < 1.29 is 22.7 Å². The van der Waals surface area contributed by atoms with Gasteiger partial charge in [-0.3, -0.25) is 0 Å². The van der Waals surface area contributed by atoms with Gasteiger partial charge < -0.3 is 9.47 Å². The van der Waals surface area contributed by atoms with Crippen LogP contribution in [0.1, 0.15) is 56.9 Å². The van der Waals surface area contributed by atoms with Gasteiger partial charge in [0.1, 0.15) is 0 Å². The number of hydrogen-bond acceptors (Lipinski definition) is 6. The molecule has 0 radical (unpaired) electrons. The number of benzene rings is 1. The third-order valence-electron chi connectivity index (χ3n) is 4.52. The average molecular weight is 402 g/mol. The number of carbonyl (C=O) groups is 1. The van der Waals surface area contributed by atoms with E-state index in [1.807, 2.05) is 12.1 Å². The standard InChI is InChI=1S/C18H27NO5S2/c1-3-23-18(20)24-14-25-19(2)26(21,22)17-12-10-16(11-13-17)15-8-6-4-5-7-9-15/h10-13,15H,3-9,14H2,1-2H3. The van der Waals surface area contributed by atoms with Gasteiger partial charge in [-0.15, -0.1) is 3.71 Å². The number of nitrogens with zero attached hydrogens (tertiary/aromatic N) is 1. The van der Waals surface area contributed by atoms with Gasteiger partial charge in [0.15, 0.2) is 5.94 Å². The molecule has 0 heterocycles. The van der Waals surface area contributed by atoms with E-state index in [9.17, 15) is 13.2 Å². The van der Waals surface area contributed by atoms with Crippen molar-refractivity contribution >= 4 is 28.1 Å². The van der Waals surface area contributed by atoms with Crippen molar-refractivity contribution in [3.8, 4) is 0 Å². The number of sulfonamides is 1. The summed E-state index contributed by atoms with van der Waals surface area (Å²) in [4.78, 5) is 11.4. The van der Waals surface area contributed by atoms with Crippen LogP contribution in [-0.4, -0.2) is 37.9 Å². The number of ether oxygens (including phenoxy) is 2. The van der Waals surface area contributed by atoms with Crippen LogP contribution >= 0.6 is 11.9 Å². The molecule has 0 unspecified atom stereocenters. The van der Waals surface area contributed by atoms with Crippen molar-refractivity contribution in [1.29, 1.82) is 0 Å². The minimum absolute atomic E-state index is 0.130. The van der Waals surface area contributed by atoms with Crippen LogP contribution in [0.5, 0.6) is 0 Å². The van der Waals surface area contributed by atoms with Crippen LogP contribution in [0.4, 0.5) is 4.79 Å². The summed E-state index contributed by atoms with van der Waals surface area (Å²) in [7, 11) is -2.20. The molecule has 0 N–H and O–H groups in total. The predicted molar refractivity (Wildman–Crippen MR) is 102 cm³/mol. The Kier molecular flexibility index (Phi) is 8.24. The van der Waals surface area contributed by atoms with E-state index in [2.05, 4.69) is 4.74 Å². The van der Waals surface area contributed by atoms with Crippen LogP contribution in [0, 0.1) is 0 Å². The summed E-state index contributed by atoms with van der Waals surface area (Å²) in [5.74, 6) is 0.397. The third-order valence-corrected chi connectivity index (χ3v) is 7.55. The topological polar surface area (TPSA) is 72.9 Å². The highest BCUT2D eigenvalue weighted by molar-refractivity contribution is 8.08. The molecule has 1 saturated carbocycles. The summed E-state index contributed by atoms with van der Waals surface area (Å²) in [5.41, 5.74) is 1.21. The van der Waals surface area contributed by atoms with E-state index >= 15 is 0 Å². The Balaban J connectivity index is 1.96. The molecule has 0 atom stereocenters. The fraction of sp³-hybridized carbons (Fsp3) is 0.611. The van der Waals surface area contributed by atoms with Crippen LogP contribution in [-0.2, 0) is 19.5 Å². The van der Waals surface area contributed by atoms with Crippen LogP contribution in [0.25, 0.3) is 0 Å². The maximum absolute atomic E-state index is 12.6. The minimum atomic E-state index is -3.64. The molecule has 0 saturated heterocycles. The highest BCUT2D eigenvalue weighted by Gasteiger charge is 2.23. The summed E-state index contributed by atoms with van der Waals surface area (Å²) in [6.45, 7) is 1.88. The number of rotatable bonds is 7. The van der Waals surface area contributed by atoms with Gasteiger partial charge in [0.2, 0.25) is 0 Å². The van der Waals surface area contributed by atoms with E-state index < -0.39 is 16.2 Å². The van der Waals surface area contributed by atoms with Crippen LogP contribution in [0.15, 0.2) is 29.2 Å².